The first-order valence-corrected chi connectivity index (χ1v) is 9.38. The molecule has 0 aromatic heterocycles. The number of aliphatic carboxylic acids is 1. The van der Waals surface area contributed by atoms with Crippen molar-refractivity contribution in [2.75, 3.05) is 26.2 Å². The fraction of sp³-hybridized carbons (Fsp3) is 0.500. The summed E-state index contributed by atoms with van der Waals surface area (Å²) >= 11 is 11.7. The number of benzene rings is 1. The number of nitrogens with one attached hydrogen (secondary N) is 1. The summed E-state index contributed by atoms with van der Waals surface area (Å²) in [5.74, 6) is -0.846. The van der Waals surface area contributed by atoms with Crippen LogP contribution in [-0.4, -0.2) is 50.0 Å². The zero-order chi connectivity index (χ0) is 17.0. The van der Waals surface area contributed by atoms with Crippen molar-refractivity contribution in [1.82, 2.24) is 9.62 Å². The molecule has 0 amide bonds. The van der Waals surface area contributed by atoms with Gasteiger partial charge in [-0.3, -0.25) is 4.79 Å². The third-order valence-electron chi connectivity index (χ3n) is 3.72. The molecule has 0 spiro atoms. The summed E-state index contributed by atoms with van der Waals surface area (Å²) in [6.45, 7) is 1.14. The van der Waals surface area contributed by atoms with E-state index in [1.165, 1.54) is 22.5 Å². The minimum Gasteiger partial charge on any atom is -0.480 e. The average molecular weight is 418 g/mol. The monoisotopic (exact) mass is 416 g/mol. The molecule has 1 saturated heterocycles. The maximum absolute atomic E-state index is 12.7. The van der Waals surface area contributed by atoms with E-state index >= 15 is 0 Å². The Labute approximate surface area is 157 Å². The lowest BCUT2D eigenvalue weighted by atomic mass is 10.00. The van der Waals surface area contributed by atoms with Crippen LogP contribution in [0.4, 0.5) is 0 Å². The molecule has 1 fully saturated rings. The highest BCUT2D eigenvalue weighted by Crippen LogP contribution is 2.28. The molecule has 1 aromatic rings. The molecule has 136 valence electrons. The molecule has 1 aromatic carbocycles. The van der Waals surface area contributed by atoms with Gasteiger partial charge in [-0.05, 0) is 43.5 Å². The van der Waals surface area contributed by atoms with E-state index < -0.39 is 16.0 Å². The maximum Gasteiger partial charge on any atom is 0.317 e. The number of hydrogen-bond acceptors (Lipinski definition) is 4. The molecule has 0 aliphatic carbocycles. The van der Waals surface area contributed by atoms with Gasteiger partial charge in [0.1, 0.15) is 0 Å². The summed E-state index contributed by atoms with van der Waals surface area (Å²) < 4.78 is 26.8. The largest absolute Gasteiger partial charge is 0.480 e. The minimum absolute atomic E-state index is 0. The van der Waals surface area contributed by atoms with Gasteiger partial charge >= 0.3 is 5.97 Å². The van der Waals surface area contributed by atoms with Crippen LogP contribution in [0.1, 0.15) is 12.8 Å². The Hall–Kier alpha value is -0.570. The molecule has 1 aliphatic rings. The predicted octanol–water partition coefficient (Wildman–Crippen LogP) is 2.49. The van der Waals surface area contributed by atoms with Gasteiger partial charge in [-0.2, -0.15) is 4.31 Å². The van der Waals surface area contributed by atoms with Crippen LogP contribution in [0, 0.1) is 5.92 Å². The smallest absolute Gasteiger partial charge is 0.317 e. The Kier molecular flexibility index (Phi) is 8.25. The first kappa shape index (κ1) is 21.5. The Balaban J connectivity index is 0.00000288. The topological polar surface area (TPSA) is 86.7 Å². The molecule has 0 bridgehead atoms. The van der Waals surface area contributed by atoms with Crippen LogP contribution in [-0.2, 0) is 14.8 Å². The van der Waals surface area contributed by atoms with Gasteiger partial charge in [0.15, 0.2) is 0 Å². The van der Waals surface area contributed by atoms with E-state index in [2.05, 4.69) is 5.32 Å². The van der Waals surface area contributed by atoms with E-state index in [9.17, 15) is 13.2 Å². The molecule has 2 N–H and O–H groups in total. The standard InChI is InChI=1S/C14H18Cl2N2O4S.ClH/c15-12-4-3-11(6-13(12)16)23(21,22)18-5-1-2-10(9-18)7-17-8-14(19)20;/h3-4,6,10,17H,1-2,5,7-9H2,(H,19,20);1H. The Morgan fingerprint density at radius 3 is 2.67 bits per heavy atom. The molecular formula is C14H19Cl3N2O4S. The van der Waals surface area contributed by atoms with Crippen LogP contribution < -0.4 is 5.32 Å². The summed E-state index contributed by atoms with van der Waals surface area (Å²) in [4.78, 5) is 10.6. The second-order valence-corrected chi connectivity index (χ2v) is 8.22. The van der Waals surface area contributed by atoms with Gasteiger partial charge in [-0.25, -0.2) is 8.42 Å². The van der Waals surface area contributed by atoms with Gasteiger partial charge < -0.3 is 10.4 Å². The fourth-order valence-electron chi connectivity index (χ4n) is 2.58. The number of halogens is 3. The molecule has 0 saturated carbocycles. The van der Waals surface area contributed by atoms with Crippen molar-refractivity contribution in [2.45, 2.75) is 17.7 Å². The molecular weight excluding hydrogens is 399 g/mol. The molecule has 6 nitrogen and oxygen atoms in total. The normalized spacial score (nSPS) is 18.8. The van der Waals surface area contributed by atoms with E-state index in [-0.39, 0.29) is 34.8 Å². The first-order valence-electron chi connectivity index (χ1n) is 7.18. The number of carboxylic acid groups (broad SMARTS) is 1. The van der Waals surface area contributed by atoms with Gasteiger partial charge in [0.2, 0.25) is 10.0 Å². The number of carbonyl (C=O) groups is 1. The average Bonchev–Trinajstić information content (AvgIpc) is 2.50. The number of carboxylic acids is 1. The van der Waals surface area contributed by atoms with Gasteiger partial charge in [-0.1, -0.05) is 23.2 Å². The molecule has 0 radical (unpaired) electrons. The quantitative estimate of drug-likeness (QED) is 0.742. The lowest BCUT2D eigenvalue weighted by molar-refractivity contribution is -0.136. The van der Waals surface area contributed by atoms with Crippen molar-refractivity contribution in [2.24, 2.45) is 5.92 Å². The molecule has 1 aliphatic heterocycles. The SMILES string of the molecule is Cl.O=C(O)CNCC1CCCN(S(=O)(=O)c2ccc(Cl)c(Cl)c2)C1. The van der Waals surface area contributed by atoms with E-state index in [0.29, 0.717) is 24.7 Å². The Bertz CT molecular complexity index is 685. The molecule has 1 unspecified atom stereocenters. The van der Waals surface area contributed by atoms with Crippen LogP contribution in [0.2, 0.25) is 10.0 Å². The fourth-order valence-corrected chi connectivity index (χ4v) is 4.53. The van der Waals surface area contributed by atoms with E-state index in [0.717, 1.165) is 12.8 Å². The third kappa shape index (κ3) is 5.47. The maximum atomic E-state index is 12.7. The predicted molar refractivity (Wildman–Crippen MR) is 95.7 cm³/mol. The van der Waals surface area contributed by atoms with Gasteiger partial charge in [-0.15, -0.1) is 12.4 Å². The molecule has 1 atom stereocenters. The summed E-state index contributed by atoms with van der Waals surface area (Å²) in [7, 11) is -3.63. The number of sulfonamides is 1. The van der Waals surface area contributed by atoms with Crippen LogP contribution >= 0.6 is 35.6 Å². The number of hydrogen-bond donors (Lipinski definition) is 2. The van der Waals surface area contributed by atoms with Gasteiger partial charge in [0.25, 0.3) is 0 Å². The first-order chi connectivity index (χ1) is 10.8. The van der Waals surface area contributed by atoms with Crippen molar-refractivity contribution in [1.29, 1.82) is 0 Å². The number of piperidine rings is 1. The molecule has 10 heteroatoms. The Morgan fingerprint density at radius 2 is 2.04 bits per heavy atom. The van der Waals surface area contributed by atoms with Crippen molar-refractivity contribution in [3.8, 4) is 0 Å². The third-order valence-corrected chi connectivity index (χ3v) is 6.32. The minimum atomic E-state index is -3.63. The molecule has 2 rings (SSSR count). The molecule has 24 heavy (non-hydrogen) atoms. The van der Waals surface area contributed by atoms with Crippen LogP contribution in [0.25, 0.3) is 0 Å². The van der Waals surface area contributed by atoms with Crippen LogP contribution in [0.5, 0.6) is 0 Å². The zero-order valence-electron chi connectivity index (χ0n) is 12.7. The van der Waals surface area contributed by atoms with E-state index in [4.69, 9.17) is 28.3 Å². The summed E-state index contributed by atoms with van der Waals surface area (Å²) in [5, 5.41) is 12.0. The summed E-state index contributed by atoms with van der Waals surface area (Å²) in [6.07, 6.45) is 1.60. The second-order valence-electron chi connectivity index (χ2n) is 5.47. The van der Waals surface area contributed by atoms with Crippen molar-refractivity contribution < 1.29 is 18.3 Å². The number of rotatable bonds is 6. The highest BCUT2D eigenvalue weighted by Gasteiger charge is 2.30. The van der Waals surface area contributed by atoms with E-state index in [1.807, 2.05) is 0 Å². The highest BCUT2D eigenvalue weighted by molar-refractivity contribution is 7.89. The lowest BCUT2D eigenvalue weighted by Gasteiger charge is -2.32. The van der Waals surface area contributed by atoms with Gasteiger partial charge in [0.05, 0.1) is 21.5 Å². The lowest BCUT2D eigenvalue weighted by Crippen LogP contribution is -2.43. The van der Waals surface area contributed by atoms with Crippen molar-refractivity contribution >= 4 is 51.6 Å². The summed E-state index contributed by atoms with van der Waals surface area (Å²) in [5.41, 5.74) is 0. The summed E-state index contributed by atoms with van der Waals surface area (Å²) in [6, 6.07) is 4.26. The van der Waals surface area contributed by atoms with E-state index in [1.54, 1.807) is 0 Å². The van der Waals surface area contributed by atoms with Gasteiger partial charge in [0, 0.05) is 13.1 Å². The highest BCUT2D eigenvalue weighted by atomic mass is 35.5. The van der Waals surface area contributed by atoms with Crippen molar-refractivity contribution in [3.63, 3.8) is 0 Å². The zero-order valence-corrected chi connectivity index (χ0v) is 15.9. The molecule has 1 heterocycles. The number of nitrogens with zero attached hydrogens (tertiary/aromatic N) is 1. The Morgan fingerprint density at radius 1 is 1.33 bits per heavy atom. The van der Waals surface area contributed by atoms with Crippen LogP contribution in [0.3, 0.4) is 0 Å². The van der Waals surface area contributed by atoms with Crippen LogP contribution in [0.15, 0.2) is 23.1 Å². The second kappa shape index (κ2) is 9.22. The van der Waals surface area contributed by atoms with Crippen molar-refractivity contribution in [3.05, 3.63) is 28.2 Å².